The number of carbonyl (C=O) groups is 1. The summed E-state index contributed by atoms with van der Waals surface area (Å²) in [4.78, 5) is 10.8. The zero-order valence-electron chi connectivity index (χ0n) is 10.0. The van der Waals surface area contributed by atoms with Gasteiger partial charge < -0.3 is 9.84 Å². The predicted octanol–water partition coefficient (Wildman–Crippen LogP) is 1.67. The SMILES string of the molecule is CC(COC1(C)C=CC=C(C(=O)O)C=C1)NP. The highest BCUT2D eigenvalue weighted by Crippen LogP contribution is 2.19. The average Bonchev–Trinajstić information content (AvgIpc) is 2.49. The first-order chi connectivity index (χ1) is 7.97. The lowest BCUT2D eigenvalue weighted by atomic mass is 10.1. The minimum Gasteiger partial charge on any atom is -0.478 e. The molecule has 3 atom stereocenters. The molecule has 0 aromatic carbocycles. The van der Waals surface area contributed by atoms with E-state index < -0.39 is 11.6 Å². The lowest BCUT2D eigenvalue weighted by Crippen LogP contribution is -2.31. The van der Waals surface area contributed by atoms with Crippen molar-refractivity contribution < 1.29 is 14.6 Å². The summed E-state index contributed by atoms with van der Waals surface area (Å²) in [6.45, 7) is 4.44. The zero-order chi connectivity index (χ0) is 12.9. The number of nitrogens with one attached hydrogen (secondary N) is 1. The summed E-state index contributed by atoms with van der Waals surface area (Å²) in [5.74, 6) is -0.935. The quantitative estimate of drug-likeness (QED) is 0.734. The number of hydrogen-bond acceptors (Lipinski definition) is 3. The van der Waals surface area contributed by atoms with Gasteiger partial charge in [0, 0.05) is 6.04 Å². The molecule has 0 radical (unpaired) electrons. The maximum atomic E-state index is 10.8. The van der Waals surface area contributed by atoms with E-state index in [2.05, 4.69) is 14.5 Å². The Morgan fingerprint density at radius 2 is 2.35 bits per heavy atom. The first-order valence-electron chi connectivity index (χ1n) is 5.39. The van der Waals surface area contributed by atoms with Gasteiger partial charge in [-0.15, -0.1) is 0 Å². The normalized spacial score (nSPS) is 25.2. The summed E-state index contributed by atoms with van der Waals surface area (Å²) < 4.78 is 5.76. The van der Waals surface area contributed by atoms with Crippen molar-refractivity contribution in [3.8, 4) is 0 Å². The summed E-state index contributed by atoms with van der Waals surface area (Å²) in [5.41, 5.74) is -0.311. The highest BCUT2D eigenvalue weighted by atomic mass is 31.0. The average molecular weight is 255 g/mol. The van der Waals surface area contributed by atoms with Gasteiger partial charge in [0.05, 0.1) is 12.2 Å². The van der Waals surface area contributed by atoms with Gasteiger partial charge in [0.15, 0.2) is 0 Å². The standard InChI is InChI=1S/C12H18NO3P/c1-9(13-17)8-16-12(2)6-3-4-10(5-7-12)11(14)15/h3-7,9,13H,8,17H2,1-2H3,(H,14,15). The molecule has 0 bridgehead atoms. The fourth-order valence-electron chi connectivity index (χ4n) is 1.30. The van der Waals surface area contributed by atoms with Gasteiger partial charge in [0.2, 0.25) is 0 Å². The Labute approximate surface area is 104 Å². The molecule has 5 heteroatoms. The Balaban J connectivity index is 2.68. The Hall–Kier alpha value is -0.960. The third-order valence-electron chi connectivity index (χ3n) is 2.47. The van der Waals surface area contributed by atoms with Gasteiger partial charge in [-0.3, -0.25) is 5.09 Å². The van der Waals surface area contributed by atoms with Crippen LogP contribution in [0.15, 0.2) is 36.0 Å². The van der Waals surface area contributed by atoms with E-state index >= 15 is 0 Å². The van der Waals surface area contributed by atoms with Crippen molar-refractivity contribution in [1.82, 2.24) is 5.09 Å². The van der Waals surface area contributed by atoms with Crippen LogP contribution < -0.4 is 5.09 Å². The van der Waals surface area contributed by atoms with Crippen LogP contribution >= 0.6 is 9.39 Å². The van der Waals surface area contributed by atoms with Crippen molar-refractivity contribution in [2.45, 2.75) is 25.5 Å². The Morgan fingerprint density at radius 3 is 2.94 bits per heavy atom. The van der Waals surface area contributed by atoms with Crippen molar-refractivity contribution in [3.63, 3.8) is 0 Å². The van der Waals surface area contributed by atoms with Gasteiger partial charge in [-0.25, -0.2) is 4.79 Å². The molecule has 94 valence electrons. The molecule has 0 aromatic rings. The molecule has 0 saturated heterocycles. The van der Waals surface area contributed by atoms with E-state index in [-0.39, 0.29) is 11.6 Å². The van der Waals surface area contributed by atoms with Crippen LogP contribution in [0.3, 0.4) is 0 Å². The molecule has 0 spiro atoms. The van der Waals surface area contributed by atoms with Gasteiger partial charge in [-0.2, -0.15) is 0 Å². The van der Waals surface area contributed by atoms with Crippen LogP contribution in [-0.2, 0) is 9.53 Å². The van der Waals surface area contributed by atoms with Gasteiger partial charge in [-0.05, 0) is 38.2 Å². The van der Waals surface area contributed by atoms with Crippen LogP contribution in [0.1, 0.15) is 13.8 Å². The van der Waals surface area contributed by atoms with Gasteiger partial charge in [0.25, 0.3) is 0 Å². The van der Waals surface area contributed by atoms with E-state index in [1.54, 1.807) is 24.3 Å². The van der Waals surface area contributed by atoms with E-state index in [4.69, 9.17) is 9.84 Å². The molecule has 0 aromatic heterocycles. The number of rotatable bonds is 5. The van der Waals surface area contributed by atoms with Crippen molar-refractivity contribution in [2.24, 2.45) is 0 Å². The molecule has 0 fully saturated rings. The maximum Gasteiger partial charge on any atom is 0.335 e. The Kier molecular flexibility index (Phi) is 5.06. The zero-order valence-corrected chi connectivity index (χ0v) is 11.2. The topological polar surface area (TPSA) is 58.6 Å². The molecule has 1 aliphatic rings. The monoisotopic (exact) mass is 255 g/mol. The summed E-state index contributed by atoms with van der Waals surface area (Å²) in [7, 11) is 2.44. The molecular weight excluding hydrogens is 237 g/mol. The molecule has 2 N–H and O–H groups in total. The third-order valence-corrected chi connectivity index (χ3v) is 3.04. The van der Waals surface area contributed by atoms with Crippen molar-refractivity contribution in [1.29, 1.82) is 0 Å². The molecule has 0 heterocycles. The highest BCUT2D eigenvalue weighted by Gasteiger charge is 2.20. The van der Waals surface area contributed by atoms with Crippen molar-refractivity contribution >= 4 is 15.4 Å². The minimum absolute atomic E-state index is 0.216. The lowest BCUT2D eigenvalue weighted by Gasteiger charge is -2.24. The molecule has 1 rings (SSSR count). The fraction of sp³-hybridized carbons (Fsp3) is 0.417. The smallest absolute Gasteiger partial charge is 0.335 e. The molecule has 17 heavy (non-hydrogen) atoms. The summed E-state index contributed by atoms with van der Waals surface area (Å²) in [6, 6.07) is 0.216. The summed E-state index contributed by atoms with van der Waals surface area (Å²) in [6.07, 6.45) is 8.44. The van der Waals surface area contributed by atoms with Crippen LogP contribution in [0.2, 0.25) is 0 Å². The number of hydrogen-bond donors (Lipinski definition) is 2. The molecular formula is C12H18NO3P. The van der Waals surface area contributed by atoms with Crippen LogP contribution in [0.5, 0.6) is 0 Å². The maximum absolute atomic E-state index is 10.8. The summed E-state index contributed by atoms with van der Waals surface area (Å²) in [5, 5.41) is 11.9. The number of aliphatic carboxylic acids is 1. The van der Waals surface area contributed by atoms with E-state index in [1.807, 2.05) is 19.9 Å². The molecule has 4 nitrogen and oxygen atoms in total. The highest BCUT2D eigenvalue weighted by molar-refractivity contribution is 7.13. The lowest BCUT2D eigenvalue weighted by molar-refractivity contribution is -0.132. The van der Waals surface area contributed by atoms with E-state index in [1.165, 1.54) is 0 Å². The largest absolute Gasteiger partial charge is 0.478 e. The van der Waals surface area contributed by atoms with Crippen molar-refractivity contribution in [2.75, 3.05) is 6.61 Å². The molecule has 3 unspecified atom stereocenters. The van der Waals surface area contributed by atoms with E-state index in [0.29, 0.717) is 6.61 Å². The van der Waals surface area contributed by atoms with Gasteiger partial charge in [-0.1, -0.05) is 15.5 Å². The Bertz CT molecular complexity index is 376. The number of carboxylic acids is 1. The predicted molar refractivity (Wildman–Crippen MR) is 70.7 cm³/mol. The molecule has 1 aliphatic carbocycles. The number of ether oxygens (including phenoxy) is 1. The van der Waals surface area contributed by atoms with E-state index in [9.17, 15) is 4.79 Å². The number of allylic oxidation sites excluding steroid dienone is 2. The van der Waals surface area contributed by atoms with Crippen LogP contribution in [-0.4, -0.2) is 29.3 Å². The Morgan fingerprint density at radius 1 is 1.65 bits per heavy atom. The first kappa shape index (κ1) is 14.1. The van der Waals surface area contributed by atoms with E-state index in [0.717, 1.165) is 0 Å². The fourth-order valence-corrected chi connectivity index (χ4v) is 1.40. The summed E-state index contributed by atoms with van der Waals surface area (Å²) >= 11 is 0. The third kappa shape index (κ3) is 4.43. The second-order valence-electron chi connectivity index (χ2n) is 4.18. The molecule has 0 amide bonds. The number of carboxylic acid groups (broad SMARTS) is 1. The van der Waals surface area contributed by atoms with Gasteiger partial charge in [0.1, 0.15) is 5.60 Å². The van der Waals surface area contributed by atoms with Crippen LogP contribution in [0, 0.1) is 0 Å². The minimum atomic E-state index is -0.935. The van der Waals surface area contributed by atoms with Crippen molar-refractivity contribution in [3.05, 3.63) is 36.0 Å². The van der Waals surface area contributed by atoms with Crippen LogP contribution in [0.25, 0.3) is 0 Å². The second-order valence-corrected chi connectivity index (χ2v) is 4.52. The first-order valence-corrected chi connectivity index (χ1v) is 5.97. The second kappa shape index (κ2) is 6.10. The van der Waals surface area contributed by atoms with Crippen LogP contribution in [0.4, 0.5) is 0 Å². The van der Waals surface area contributed by atoms with Gasteiger partial charge >= 0.3 is 5.97 Å². The molecule has 0 saturated carbocycles. The molecule has 0 aliphatic heterocycles.